The van der Waals surface area contributed by atoms with Gasteiger partial charge in [-0.1, -0.05) is 6.92 Å². The van der Waals surface area contributed by atoms with E-state index in [4.69, 9.17) is 15.0 Å². The van der Waals surface area contributed by atoms with Crippen molar-refractivity contribution in [2.75, 3.05) is 12.7 Å². The first kappa shape index (κ1) is 12.6. The van der Waals surface area contributed by atoms with E-state index in [-0.39, 0.29) is 12.7 Å². The molecule has 3 N–H and O–H groups in total. The average Bonchev–Trinajstić information content (AvgIpc) is 1.81. The lowest BCUT2D eigenvalue weighted by Gasteiger charge is -2.18. The summed E-state index contributed by atoms with van der Waals surface area (Å²) in [4.78, 5) is 27.7. The fourth-order valence-corrected chi connectivity index (χ4v) is 1.82. The van der Waals surface area contributed by atoms with Gasteiger partial charge >= 0.3 is 7.60 Å². The molecular formula is C6H14NO5P. The van der Waals surface area contributed by atoms with Crippen LogP contribution in [0.15, 0.2) is 0 Å². The quantitative estimate of drug-likeness (QED) is 0.346. The topological polar surface area (TPSA) is 98.1 Å². The SMILES string of the molecule is CC(=O)N(O)CC(C)CP(=O)(O)O. The van der Waals surface area contributed by atoms with Crippen LogP contribution in [0.3, 0.4) is 0 Å². The van der Waals surface area contributed by atoms with Crippen LogP contribution in [0.5, 0.6) is 0 Å². The highest BCUT2D eigenvalue weighted by molar-refractivity contribution is 7.51. The van der Waals surface area contributed by atoms with Gasteiger partial charge in [0.15, 0.2) is 0 Å². The highest BCUT2D eigenvalue weighted by Gasteiger charge is 2.20. The number of rotatable bonds is 4. The van der Waals surface area contributed by atoms with Gasteiger partial charge in [-0.15, -0.1) is 0 Å². The third kappa shape index (κ3) is 6.72. The Hall–Kier alpha value is -0.420. The summed E-state index contributed by atoms with van der Waals surface area (Å²) in [5.41, 5.74) is 0. The number of hydrogen-bond donors (Lipinski definition) is 3. The highest BCUT2D eigenvalue weighted by atomic mass is 31.2. The van der Waals surface area contributed by atoms with Gasteiger partial charge in [-0.05, 0) is 5.92 Å². The lowest BCUT2D eigenvalue weighted by molar-refractivity contribution is -0.164. The number of hydrogen-bond acceptors (Lipinski definition) is 3. The predicted molar refractivity (Wildman–Crippen MR) is 45.2 cm³/mol. The lowest BCUT2D eigenvalue weighted by atomic mass is 10.2. The van der Waals surface area contributed by atoms with Gasteiger partial charge < -0.3 is 9.79 Å². The number of nitrogens with zero attached hydrogens (tertiary/aromatic N) is 1. The predicted octanol–water partition coefficient (Wildman–Crippen LogP) is 0.0379. The maximum Gasteiger partial charge on any atom is 0.325 e. The Kier molecular flexibility index (Phi) is 4.56. The summed E-state index contributed by atoms with van der Waals surface area (Å²) in [5.74, 6) is -0.979. The van der Waals surface area contributed by atoms with Crippen molar-refractivity contribution in [1.29, 1.82) is 0 Å². The first-order valence-corrected chi connectivity index (χ1v) is 5.53. The maximum atomic E-state index is 10.5. The zero-order chi connectivity index (χ0) is 10.6. The second-order valence-corrected chi connectivity index (χ2v) is 4.75. The molecule has 0 aromatic heterocycles. The summed E-state index contributed by atoms with van der Waals surface area (Å²) in [6.07, 6.45) is -0.336. The Morgan fingerprint density at radius 3 is 2.31 bits per heavy atom. The Balaban J connectivity index is 3.95. The van der Waals surface area contributed by atoms with E-state index in [0.717, 1.165) is 0 Å². The molecule has 1 amide bonds. The van der Waals surface area contributed by atoms with Crippen LogP contribution < -0.4 is 0 Å². The smallest absolute Gasteiger partial charge is 0.324 e. The molecule has 0 spiro atoms. The van der Waals surface area contributed by atoms with E-state index in [1.54, 1.807) is 6.92 Å². The normalized spacial score (nSPS) is 13.9. The largest absolute Gasteiger partial charge is 0.325 e. The molecule has 0 bridgehead atoms. The van der Waals surface area contributed by atoms with Gasteiger partial charge in [-0.2, -0.15) is 0 Å². The van der Waals surface area contributed by atoms with Crippen molar-refractivity contribution < 1.29 is 24.4 Å². The molecule has 0 saturated heterocycles. The van der Waals surface area contributed by atoms with Crippen LogP contribution >= 0.6 is 7.60 Å². The van der Waals surface area contributed by atoms with E-state index < -0.39 is 19.4 Å². The van der Waals surface area contributed by atoms with Gasteiger partial charge in [0.25, 0.3) is 0 Å². The van der Waals surface area contributed by atoms with Gasteiger partial charge in [-0.25, -0.2) is 5.06 Å². The van der Waals surface area contributed by atoms with Gasteiger partial charge in [0.05, 0.1) is 12.7 Å². The summed E-state index contributed by atoms with van der Waals surface area (Å²) in [6.45, 7) is 2.65. The zero-order valence-electron chi connectivity index (χ0n) is 7.54. The molecule has 0 aromatic rings. The summed E-state index contributed by atoms with van der Waals surface area (Å²) >= 11 is 0. The van der Waals surface area contributed by atoms with E-state index in [2.05, 4.69) is 0 Å². The second kappa shape index (κ2) is 4.72. The molecular weight excluding hydrogens is 197 g/mol. The van der Waals surface area contributed by atoms with Crippen molar-refractivity contribution in [2.45, 2.75) is 13.8 Å². The zero-order valence-corrected chi connectivity index (χ0v) is 8.44. The molecule has 6 nitrogen and oxygen atoms in total. The average molecular weight is 211 g/mol. The van der Waals surface area contributed by atoms with Gasteiger partial charge in [0.2, 0.25) is 5.91 Å². The molecule has 0 saturated carbocycles. The molecule has 0 radical (unpaired) electrons. The van der Waals surface area contributed by atoms with E-state index in [9.17, 15) is 9.36 Å². The molecule has 0 heterocycles. The maximum absolute atomic E-state index is 10.5. The van der Waals surface area contributed by atoms with Crippen molar-refractivity contribution in [3.05, 3.63) is 0 Å². The number of hydroxylamine groups is 2. The van der Waals surface area contributed by atoms with Crippen LogP contribution in [0.2, 0.25) is 0 Å². The fourth-order valence-electron chi connectivity index (χ4n) is 0.888. The minimum absolute atomic E-state index is 0.0690. The Labute approximate surface area is 76.3 Å². The van der Waals surface area contributed by atoms with Crippen LogP contribution in [-0.2, 0) is 9.36 Å². The third-order valence-electron chi connectivity index (χ3n) is 1.40. The minimum Gasteiger partial charge on any atom is -0.324 e. The molecule has 78 valence electrons. The summed E-state index contributed by atoms with van der Waals surface area (Å²) in [5, 5.41) is 9.37. The summed E-state index contributed by atoms with van der Waals surface area (Å²) < 4.78 is 10.5. The van der Waals surface area contributed by atoms with E-state index in [0.29, 0.717) is 5.06 Å². The van der Waals surface area contributed by atoms with E-state index >= 15 is 0 Å². The minimum atomic E-state index is -4.06. The molecule has 0 aliphatic rings. The second-order valence-electron chi connectivity index (χ2n) is 3.05. The van der Waals surface area contributed by atoms with Crippen molar-refractivity contribution in [3.8, 4) is 0 Å². The number of amides is 1. The molecule has 0 fully saturated rings. The van der Waals surface area contributed by atoms with Crippen LogP contribution in [-0.4, -0.2) is 38.7 Å². The summed E-state index contributed by atoms with van der Waals surface area (Å²) in [6, 6.07) is 0. The van der Waals surface area contributed by atoms with E-state index in [1.807, 2.05) is 0 Å². The van der Waals surface area contributed by atoms with Crippen molar-refractivity contribution in [3.63, 3.8) is 0 Å². The van der Waals surface area contributed by atoms with Gasteiger partial charge in [0.1, 0.15) is 0 Å². The van der Waals surface area contributed by atoms with Gasteiger partial charge in [0, 0.05) is 6.92 Å². The molecule has 1 atom stereocenters. The molecule has 0 aliphatic heterocycles. The monoisotopic (exact) mass is 211 g/mol. The first-order chi connectivity index (χ1) is 5.72. The molecule has 7 heteroatoms. The Bertz CT molecular complexity index is 225. The highest BCUT2D eigenvalue weighted by Crippen LogP contribution is 2.36. The van der Waals surface area contributed by atoms with E-state index in [1.165, 1.54) is 6.92 Å². The molecule has 0 aliphatic carbocycles. The fraction of sp³-hybridized carbons (Fsp3) is 0.833. The van der Waals surface area contributed by atoms with Crippen LogP contribution in [0.4, 0.5) is 0 Å². The van der Waals surface area contributed by atoms with Gasteiger partial charge in [-0.3, -0.25) is 14.6 Å². The molecule has 1 unspecified atom stereocenters. The molecule has 0 rings (SSSR count). The Morgan fingerprint density at radius 2 is 2.00 bits per heavy atom. The van der Waals surface area contributed by atoms with Crippen molar-refractivity contribution in [2.24, 2.45) is 5.92 Å². The van der Waals surface area contributed by atoms with Crippen LogP contribution in [0.25, 0.3) is 0 Å². The number of carbonyl (C=O) groups is 1. The first-order valence-electron chi connectivity index (χ1n) is 3.74. The number of carbonyl (C=O) groups excluding carboxylic acids is 1. The molecule has 13 heavy (non-hydrogen) atoms. The third-order valence-corrected chi connectivity index (χ3v) is 2.50. The molecule has 0 aromatic carbocycles. The van der Waals surface area contributed by atoms with Crippen LogP contribution in [0.1, 0.15) is 13.8 Å². The Morgan fingerprint density at radius 1 is 1.54 bits per heavy atom. The van der Waals surface area contributed by atoms with Crippen LogP contribution in [0, 0.1) is 5.92 Å². The van der Waals surface area contributed by atoms with Crippen molar-refractivity contribution in [1.82, 2.24) is 5.06 Å². The lowest BCUT2D eigenvalue weighted by Crippen LogP contribution is -2.30. The standard InChI is InChI=1S/C6H14NO5P/c1-5(4-13(10,11)12)3-7(9)6(2)8/h5,9H,3-4H2,1-2H3,(H2,10,11,12). The summed E-state index contributed by atoms with van der Waals surface area (Å²) in [7, 11) is -4.06. The van der Waals surface area contributed by atoms with Crippen molar-refractivity contribution >= 4 is 13.5 Å².